The van der Waals surface area contributed by atoms with E-state index in [1.165, 1.54) is 11.1 Å². The van der Waals surface area contributed by atoms with Gasteiger partial charge in [-0.15, -0.1) is 0 Å². The second-order valence-corrected chi connectivity index (χ2v) is 6.01. The quantitative estimate of drug-likeness (QED) is 0.913. The number of hydrogen-bond acceptors (Lipinski definition) is 2. The Balaban J connectivity index is 1.94. The molecule has 0 saturated carbocycles. The van der Waals surface area contributed by atoms with Crippen molar-refractivity contribution >= 4 is 11.8 Å². The monoisotopic (exact) mass is 275 g/mol. The smallest absolute Gasteiger partial charge is 0.325 e. The third-order valence-corrected chi connectivity index (χ3v) is 4.15. The number of hydrogen-bond donors (Lipinski definition) is 1. The highest BCUT2D eigenvalue weighted by Gasteiger charge is 2.33. The van der Waals surface area contributed by atoms with E-state index in [-0.39, 0.29) is 17.5 Å². The molecule has 18 heavy (non-hydrogen) atoms. The maximum atomic E-state index is 12.1. The first-order valence-electron chi connectivity index (χ1n) is 5.94. The van der Waals surface area contributed by atoms with Crippen LogP contribution in [0.3, 0.4) is 0 Å². The van der Waals surface area contributed by atoms with Gasteiger partial charge in [-0.05, 0) is 36.8 Å². The zero-order chi connectivity index (χ0) is 13.2. The normalized spacial score (nSPS) is 23.8. The van der Waals surface area contributed by atoms with E-state index in [0.29, 0.717) is 12.8 Å². The number of benzene rings is 1. The van der Waals surface area contributed by atoms with Crippen molar-refractivity contribution in [3.8, 4) is 0 Å². The van der Waals surface area contributed by atoms with Gasteiger partial charge in [0, 0.05) is 11.3 Å². The lowest BCUT2D eigenvalue weighted by atomic mass is 9.77. The van der Waals surface area contributed by atoms with Crippen molar-refractivity contribution in [2.45, 2.75) is 36.7 Å². The lowest BCUT2D eigenvalue weighted by molar-refractivity contribution is -0.0328. The molecule has 0 heterocycles. The van der Waals surface area contributed by atoms with Crippen LogP contribution in [0.1, 0.15) is 24.0 Å². The average Bonchev–Trinajstić information content (AvgIpc) is 2.27. The highest BCUT2D eigenvalue weighted by atomic mass is 32.2. The van der Waals surface area contributed by atoms with Gasteiger partial charge < -0.3 is 5.73 Å². The number of fused-ring (bicyclic) bond motifs is 1. The van der Waals surface area contributed by atoms with Crippen LogP contribution in [0.25, 0.3) is 0 Å². The standard InChI is InChI=1S/C13H16F3NS/c14-13(15,16)18-8-7-12(17)6-5-10-3-1-2-4-11(10)9-12/h1-4H,5-9,17H2. The van der Waals surface area contributed by atoms with Gasteiger partial charge in [-0.25, -0.2) is 0 Å². The van der Waals surface area contributed by atoms with E-state index in [1.807, 2.05) is 18.2 Å². The first-order valence-corrected chi connectivity index (χ1v) is 6.93. The lowest BCUT2D eigenvalue weighted by Gasteiger charge is -2.34. The summed E-state index contributed by atoms with van der Waals surface area (Å²) in [6.45, 7) is 0. The topological polar surface area (TPSA) is 26.0 Å². The van der Waals surface area contributed by atoms with E-state index in [2.05, 4.69) is 6.07 Å². The van der Waals surface area contributed by atoms with Crippen molar-refractivity contribution in [1.82, 2.24) is 0 Å². The minimum Gasteiger partial charge on any atom is -0.325 e. The molecule has 0 spiro atoms. The Morgan fingerprint density at radius 3 is 2.56 bits per heavy atom. The maximum absolute atomic E-state index is 12.1. The summed E-state index contributed by atoms with van der Waals surface area (Å²) in [5, 5.41) is 0. The van der Waals surface area contributed by atoms with Crippen LogP contribution in [-0.4, -0.2) is 16.8 Å². The van der Waals surface area contributed by atoms with Gasteiger partial charge >= 0.3 is 5.51 Å². The second-order valence-electron chi connectivity index (χ2n) is 4.85. The molecule has 2 N–H and O–H groups in total. The Hall–Kier alpha value is -0.680. The summed E-state index contributed by atoms with van der Waals surface area (Å²) in [5.41, 5.74) is 4.06. The molecule has 0 amide bonds. The molecule has 0 aliphatic heterocycles. The maximum Gasteiger partial charge on any atom is 0.441 e. The number of thioether (sulfide) groups is 1. The minimum atomic E-state index is -4.15. The molecule has 0 radical (unpaired) electrons. The highest BCUT2D eigenvalue weighted by Crippen LogP contribution is 2.34. The van der Waals surface area contributed by atoms with Gasteiger partial charge in [0.05, 0.1) is 0 Å². The van der Waals surface area contributed by atoms with Gasteiger partial charge in [-0.1, -0.05) is 36.0 Å². The van der Waals surface area contributed by atoms with Gasteiger partial charge in [-0.2, -0.15) is 13.2 Å². The molecule has 1 aliphatic carbocycles. The summed E-state index contributed by atoms with van der Waals surface area (Å²) < 4.78 is 36.3. The number of nitrogens with two attached hydrogens (primary N) is 1. The van der Waals surface area contributed by atoms with Crippen LogP contribution in [0.15, 0.2) is 24.3 Å². The molecule has 0 aromatic heterocycles. The SMILES string of the molecule is NC1(CCSC(F)(F)F)CCc2ccccc2C1. The second kappa shape index (κ2) is 5.13. The Labute approximate surface area is 109 Å². The highest BCUT2D eigenvalue weighted by molar-refractivity contribution is 8.00. The van der Waals surface area contributed by atoms with Crippen LogP contribution in [0.5, 0.6) is 0 Å². The Kier molecular flexibility index (Phi) is 3.92. The molecule has 5 heteroatoms. The molecule has 0 fully saturated rings. The number of halogens is 3. The fourth-order valence-electron chi connectivity index (χ4n) is 2.41. The van der Waals surface area contributed by atoms with Crippen molar-refractivity contribution in [3.05, 3.63) is 35.4 Å². The van der Waals surface area contributed by atoms with Gasteiger partial charge in [0.25, 0.3) is 0 Å². The largest absolute Gasteiger partial charge is 0.441 e. The van der Waals surface area contributed by atoms with Crippen molar-refractivity contribution in [2.24, 2.45) is 5.73 Å². The van der Waals surface area contributed by atoms with E-state index in [9.17, 15) is 13.2 Å². The molecule has 1 aromatic rings. The first kappa shape index (κ1) is 13.7. The van der Waals surface area contributed by atoms with Gasteiger partial charge in [0.15, 0.2) is 0 Å². The molecule has 1 aromatic carbocycles. The van der Waals surface area contributed by atoms with E-state index in [0.717, 1.165) is 12.8 Å². The van der Waals surface area contributed by atoms with Crippen LogP contribution >= 0.6 is 11.8 Å². The zero-order valence-corrected chi connectivity index (χ0v) is 10.8. The average molecular weight is 275 g/mol. The summed E-state index contributed by atoms with van der Waals surface area (Å²) in [5.74, 6) is 0.0438. The van der Waals surface area contributed by atoms with Crippen LogP contribution in [0, 0.1) is 0 Å². The molecule has 1 aliphatic rings. The van der Waals surface area contributed by atoms with Crippen LogP contribution in [0.2, 0.25) is 0 Å². The molecule has 1 atom stereocenters. The third kappa shape index (κ3) is 3.65. The molecule has 2 rings (SSSR count). The summed E-state index contributed by atoms with van der Waals surface area (Å²) in [4.78, 5) is 0. The van der Waals surface area contributed by atoms with Crippen molar-refractivity contribution in [3.63, 3.8) is 0 Å². The molecular weight excluding hydrogens is 259 g/mol. The fourth-order valence-corrected chi connectivity index (χ4v) is 3.15. The van der Waals surface area contributed by atoms with Crippen LogP contribution in [-0.2, 0) is 12.8 Å². The predicted octanol–water partition coefficient (Wildman–Crippen LogP) is 3.52. The Bertz CT molecular complexity index is 419. The lowest BCUT2D eigenvalue weighted by Crippen LogP contribution is -2.45. The molecule has 1 nitrogen and oxygen atoms in total. The van der Waals surface area contributed by atoms with E-state index < -0.39 is 11.0 Å². The molecule has 0 saturated heterocycles. The van der Waals surface area contributed by atoms with Gasteiger partial charge in [-0.3, -0.25) is 0 Å². The first-order chi connectivity index (χ1) is 8.38. The minimum absolute atomic E-state index is 0.0271. The van der Waals surface area contributed by atoms with Crippen molar-refractivity contribution in [2.75, 3.05) is 5.75 Å². The Morgan fingerprint density at radius 1 is 1.22 bits per heavy atom. The summed E-state index contributed by atoms with van der Waals surface area (Å²) in [6, 6.07) is 8.03. The summed E-state index contributed by atoms with van der Waals surface area (Å²) >= 11 is 0.0271. The van der Waals surface area contributed by atoms with E-state index in [4.69, 9.17) is 5.73 Å². The zero-order valence-electron chi connectivity index (χ0n) is 9.96. The van der Waals surface area contributed by atoms with E-state index >= 15 is 0 Å². The molecular formula is C13H16F3NS. The molecule has 100 valence electrons. The number of rotatable bonds is 3. The summed E-state index contributed by atoms with van der Waals surface area (Å²) in [7, 11) is 0. The summed E-state index contributed by atoms with van der Waals surface area (Å²) in [6.07, 6.45) is 2.72. The van der Waals surface area contributed by atoms with Crippen LogP contribution < -0.4 is 5.73 Å². The van der Waals surface area contributed by atoms with Crippen molar-refractivity contribution in [1.29, 1.82) is 0 Å². The molecule has 1 unspecified atom stereocenters. The number of alkyl halides is 3. The molecule has 0 bridgehead atoms. The Morgan fingerprint density at radius 2 is 1.89 bits per heavy atom. The number of aryl methyl sites for hydroxylation is 1. The van der Waals surface area contributed by atoms with Crippen molar-refractivity contribution < 1.29 is 13.2 Å². The van der Waals surface area contributed by atoms with Crippen LogP contribution in [0.4, 0.5) is 13.2 Å². The van der Waals surface area contributed by atoms with E-state index in [1.54, 1.807) is 0 Å². The fraction of sp³-hybridized carbons (Fsp3) is 0.538. The van der Waals surface area contributed by atoms with Gasteiger partial charge in [0.2, 0.25) is 0 Å². The predicted molar refractivity (Wildman–Crippen MR) is 68.5 cm³/mol. The van der Waals surface area contributed by atoms with Gasteiger partial charge in [0.1, 0.15) is 0 Å². The third-order valence-electron chi connectivity index (χ3n) is 3.42.